The van der Waals surface area contributed by atoms with Crippen LogP contribution in [0.4, 0.5) is 4.39 Å². The fourth-order valence-electron chi connectivity index (χ4n) is 1.87. The van der Waals surface area contributed by atoms with Crippen LogP contribution < -0.4 is 5.73 Å². The lowest BCUT2D eigenvalue weighted by Gasteiger charge is -2.05. The predicted octanol–water partition coefficient (Wildman–Crippen LogP) is 2.25. The Bertz CT molecular complexity index is 500. The minimum absolute atomic E-state index is 0.111. The third-order valence-electron chi connectivity index (χ3n) is 2.85. The van der Waals surface area contributed by atoms with Gasteiger partial charge in [0.25, 0.3) is 0 Å². The number of nitrogens with two attached hydrogens (primary N) is 1. The number of nitrogens with zero attached hydrogens (tertiary/aromatic N) is 2. The van der Waals surface area contributed by atoms with Crippen molar-refractivity contribution >= 4 is 0 Å². The van der Waals surface area contributed by atoms with Gasteiger partial charge < -0.3 is 5.73 Å². The molecule has 2 aromatic rings. The van der Waals surface area contributed by atoms with E-state index in [2.05, 4.69) is 22.1 Å². The standard InChI is InChI=1S/C14H16FN3/c15-14-12(17-10-18-13(14)9-16)8-4-7-11-5-2-1-3-6-11/h1-3,5-6,10H,4,7-9,16H2. The van der Waals surface area contributed by atoms with Crippen LogP contribution in [-0.4, -0.2) is 9.97 Å². The number of halogens is 1. The molecule has 1 heterocycles. The summed E-state index contributed by atoms with van der Waals surface area (Å²) in [6, 6.07) is 10.1. The average molecular weight is 245 g/mol. The van der Waals surface area contributed by atoms with Gasteiger partial charge in [-0.05, 0) is 24.8 Å². The lowest BCUT2D eigenvalue weighted by molar-refractivity contribution is 0.564. The second-order valence-corrected chi connectivity index (χ2v) is 4.12. The van der Waals surface area contributed by atoms with Gasteiger partial charge in [-0.1, -0.05) is 30.3 Å². The molecule has 18 heavy (non-hydrogen) atoms. The second kappa shape index (κ2) is 6.21. The minimum Gasteiger partial charge on any atom is -0.325 e. The van der Waals surface area contributed by atoms with Crippen molar-refractivity contribution in [2.75, 3.05) is 0 Å². The summed E-state index contributed by atoms with van der Waals surface area (Å²) < 4.78 is 13.8. The summed E-state index contributed by atoms with van der Waals surface area (Å²) in [5, 5.41) is 0. The number of aryl methyl sites for hydroxylation is 2. The molecule has 0 atom stereocenters. The molecule has 0 spiro atoms. The minimum atomic E-state index is -0.354. The molecule has 1 aromatic heterocycles. The van der Waals surface area contributed by atoms with Crippen molar-refractivity contribution in [2.45, 2.75) is 25.8 Å². The maximum atomic E-state index is 13.8. The lowest BCUT2D eigenvalue weighted by Crippen LogP contribution is -2.08. The second-order valence-electron chi connectivity index (χ2n) is 4.12. The van der Waals surface area contributed by atoms with Crippen LogP contribution in [0.25, 0.3) is 0 Å². The van der Waals surface area contributed by atoms with E-state index in [0.29, 0.717) is 17.8 Å². The fraction of sp³-hybridized carbons (Fsp3) is 0.286. The van der Waals surface area contributed by atoms with Crippen molar-refractivity contribution in [3.05, 3.63) is 59.4 Å². The van der Waals surface area contributed by atoms with E-state index in [0.717, 1.165) is 12.8 Å². The molecule has 0 aliphatic carbocycles. The number of aromatic nitrogens is 2. The highest BCUT2D eigenvalue weighted by atomic mass is 19.1. The molecular weight excluding hydrogens is 229 g/mol. The normalized spacial score (nSPS) is 10.6. The summed E-state index contributed by atoms with van der Waals surface area (Å²) in [5.74, 6) is -0.354. The molecule has 0 saturated carbocycles. The molecule has 94 valence electrons. The molecule has 0 bridgehead atoms. The number of hydrogen-bond acceptors (Lipinski definition) is 3. The van der Waals surface area contributed by atoms with E-state index in [1.54, 1.807) is 0 Å². The van der Waals surface area contributed by atoms with Crippen LogP contribution in [0.3, 0.4) is 0 Å². The van der Waals surface area contributed by atoms with E-state index in [9.17, 15) is 4.39 Å². The molecule has 0 aliphatic rings. The molecule has 2 N–H and O–H groups in total. The van der Waals surface area contributed by atoms with Crippen molar-refractivity contribution in [2.24, 2.45) is 5.73 Å². The first kappa shape index (κ1) is 12.6. The van der Waals surface area contributed by atoms with Gasteiger partial charge in [-0.25, -0.2) is 14.4 Å². The largest absolute Gasteiger partial charge is 0.325 e. The van der Waals surface area contributed by atoms with Crippen molar-refractivity contribution in [3.8, 4) is 0 Å². The van der Waals surface area contributed by atoms with Crippen LogP contribution in [-0.2, 0) is 19.4 Å². The molecule has 2 rings (SSSR count). The van der Waals surface area contributed by atoms with E-state index in [4.69, 9.17) is 5.73 Å². The van der Waals surface area contributed by atoms with Gasteiger partial charge in [-0.2, -0.15) is 0 Å². The molecule has 1 aromatic carbocycles. The van der Waals surface area contributed by atoms with E-state index in [1.165, 1.54) is 11.9 Å². The summed E-state index contributed by atoms with van der Waals surface area (Å²) in [6.45, 7) is 0.111. The Kier molecular flexibility index (Phi) is 4.36. The summed E-state index contributed by atoms with van der Waals surface area (Å²) in [6.07, 6.45) is 3.77. The first-order valence-electron chi connectivity index (χ1n) is 6.03. The van der Waals surface area contributed by atoms with Gasteiger partial charge in [0.2, 0.25) is 0 Å². The van der Waals surface area contributed by atoms with Crippen molar-refractivity contribution in [1.29, 1.82) is 0 Å². The maximum absolute atomic E-state index is 13.8. The van der Waals surface area contributed by atoms with Crippen molar-refractivity contribution < 1.29 is 4.39 Å². The first-order valence-corrected chi connectivity index (χ1v) is 6.03. The Balaban J connectivity index is 1.95. The molecule has 0 radical (unpaired) electrons. The van der Waals surface area contributed by atoms with Crippen molar-refractivity contribution in [1.82, 2.24) is 9.97 Å². The Morgan fingerprint density at radius 2 is 1.72 bits per heavy atom. The maximum Gasteiger partial charge on any atom is 0.167 e. The lowest BCUT2D eigenvalue weighted by atomic mass is 10.1. The van der Waals surface area contributed by atoms with Gasteiger partial charge >= 0.3 is 0 Å². The van der Waals surface area contributed by atoms with E-state index in [-0.39, 0.29) is 12.4 Å². The molecule has 0 unspecified atom stereocenters. The average Bonchev–Trinajstić information content (AvgIpc) is 2.42. The van der Waals surface area contributed by atoms with E-state index < -0.39 is 0 Å². The van der Waals surface area contributed by atoms with Crippen molar-refractivity contribution in [3.63, 3.8) is 0 Å². The Morgan fingerprint density at radius 1 is 1.00 bits per heavy atom. The monoisotopic (exact) mass is 245 g/mol. The molecule has 3 nitrogen and oxygen atoms in total. The predicted molar refractivity (Wildman–Crippen MR) is 68.3 cm³/mol. The van der Waals surface area contributed by atoms with Crippen LogP contribution in [0.1, 0.15) is 23.4 Å². The van der Waals surface area contributed by atoms with Gasteiger partial charge in [0.1, 0.15) is 6.33 Å². The van der Waals surface area contributed by atoms with E-state index >= 15 is 0 Å². The topological polar surface area (TPSA) is 51.8 Å². The van der Waals surface area contributed by atoms with Crippen LogP contribution >= 0.6 is 0 Å². The Labute approximate surface area is 106 Å². The highest BCUT2D eigenvalue weighted by Crippen LogP contribution is 2.11. The van der Waals surface area contributed by atoms with Crippen LogP contribution in [0.15, 0.2) is 36.7 Å². The van der Waals surface area contributed by atoms with E-state index in [1.807, 2.05) is 18.2 Å². The quantitative estimate of drug-likeness (QED) is 0.879. The zero-order valence-corrected chi connectivity index (χ0v) is 10.1. The third-order valence-corrected chi connectivity index (χ3v) is 2.85. The van der Waals surface area contributed by atoms with Crippen LogP contribution in [0, 0.1) is 5.82 Å². The summed E-state index contributed by atoms with van der Waals surface area (Å²) in [4.78, 5) is 7.79. The third kappa shape index (κ3) is 3.11. The zero-order chi connectivity index (χ0) is 12.8. The Hall–Kier alpha value is -1.81. The SMILES string of the molecule is NCc1ncnc(CCCc2ccccc2)c1F. The molecular formula is C14H16FN3. The van der Waals surface area contributed by atoms with Gasteiger partial charge in [-0.15, -0.1) is 0 Å². The summed E-state index contributed by atoms with van der Waals surface area (Å²) in [5.41, 5.74) is 7.42. The number of benzene rings is 1. The highest BCUT2D eigenvalue weighted by Gasteiger charge is 2.09. The molecule has 0 saturated heterocycles. The highest BCUT2D eigenvalue weighted by molar-refractivity contribution is 5.16. The molecule has 4 heteroatoms. The first-order chi connectivity index (χ1) is 8.81. The summed E-state index contributed by atoms with van der Waals surface area (Å²) in [7, 11) is 0. The summed E-state index contributed by atoms with van der Waals surface area (Å²) >= 11 is 0. The smallest absolute Gasteiger partial charge is 0.167 e. The Morgan fingerprint density at radius 3 is 2.44 bits per heavy atom. The molecule has 0 fully saturated rings. The number of hydrogen-bond donors (Lipinski definition) is 1. The molecule has 0 amide bonds. The van der Waals surface area contributed by atoms with Gasteiger partial charge in [0.15, 0.2) is 5.82 Å². The van der Waals surface area contributed by atoms with Crippen LogP contribution in [0.5, 0.6) is 0 Å². The van der Waals surface area contributed by atoms with Crippen LogP contribution in [0.2, 0.25) is 0 Å². The van der Waals surface area contributed by atoms with Gasteiger partial charge in [-0.3, -0.25) is 0 Å². The molecule has 0 aliphatic heterocycles. The van der Waals surface area contributed by atoms with Gasteiger partial charge in [0, 0.05) is 6.54 Å². The zero-order valence-electron chi connectivity index (χ0n) is 10.1. The number of rotatable bonds is 5. The van der Waals surface area contributed by atoms with Gasteiger partial charge in [0.05, 0.1) is 11.4 Å². The fourth-order valence-corrected chi connectivity index (χ4v) is 1.87.